The number of pyridine rings is 1. The molecule has 5 heteroatoms. The van der Waals surface area contributed by atoms with Crippen molar-refractivity contribution in [3.63, 3.8) is 0 Å². The van der Waals surface area contributed by atoms with Crippen LogP contribution in [0.15, 0.2) is 53.3 Å². The summed E-state index contributed by atoms with van der Waals surface area (Å²) in [7, 11) is 0. The summed E-state index contributed by atoms with van der Waals surface area (Å²) in [6, 6.07) is 11.2. The molecule has 0 aliphatic heterocycles. The zero-order chi connectivity index (χ0) is 13.9. The van der Waals surface area contributed by atoms with Gasteiger partial charge in [0.15, 0.2) is 5.69 Å². The van der Waals surface area contributed by atoms with Gasteiger partial charge in [-0.15, -0.1) is 0 Å². The van der Waals surface area contributed by atoms with E-state index < -0.39 is 0 Å². The minimum Gasteiger partial charge on any atom is -0.469 e. The first-order valence-corrected chi connectivity index (χ1v) is 6.50. The predicted molar refractivity (Wildman–Crippen MR) is 74.5 cm³/mol. The van der Waals surface area contributed by atoms with Crippen molar-refractivity contribution in [1.82, 2.24) is 14.9 Å². The molecule has 0 radical (unpaired) electrons. The van der Waals surface area contributed by atoms with Gasteiger partial charge in [0.1, 0.15) is 5.76 Å². The van der Waals surface area contributed by atoms with E-state index in [0.717, 1.165) is 11.3 Å². The van der Waals surface area contributed by atoms with Crippen molar-refractivity contribution in [1.29, 1.82) is 0 Å². The highest BCUT2D eigenvalue weighted by Crippen LogP contribution is 2.07. The van der Waals surface area contributed by atoms with E-state index in [-0.39, 0.29) is 11.9 Å². The van der Waals surface area contributed by atoms with E-state index in [4.69, 9.17) is 4.42 Å². The summed E-state index contributed by atoms with van der Waals surface area (Å²) in [4.78, 5) is 12.1. The third-order valence-corrected chi connectivity index (χ3v) is 3.07. The molecule has 1 atom stereocenters. The number of carbonyl (C=O) groups excluding carboxylic acids is 1. The smallest absolute Gasteiger partial charge is 0.272 e. The van der Waals surface area contributed by atoms with Gasteiger partial charge in [-0.05, 0) is 37.3 Å². The van der Waals surface area contributed by atoms with Crippen LogP contribution in [0.3, 0.4) is 0 Å². The topological polar surface area (TPSA) is 59.5 Å². The number of fused-ring (bicyclic) bond motifs is 1. The number of rotatable bonds is 4. The molecule has 0 saturated heterocycles. The van der Waals surface area contributed by atoms with E-state index in [0.29, 0.717) is 12.1 Å². The Hall–Kier alpha value is -2.56. The second kappa shape index (κ2) is 5.21. The SMILES string of the molecule is C[C@H](Cc1ccco1)NC(=O)c1cc2ccccn2n1. The van der Waals surface area contributed by atoms with Crippen LogP contribution in [-0.2, 0) is 6.42 Å². The molecule has 0 bridgehead atoms. The lowest BCUT2D eigenvalue weighted by atomic mass is 10.2. The van der Waals surface area contributed by atoms with E-state index in [2.05, 4.69) is 10.4 Å². The zero-order valence-electron chi connectivity index (χ0n) is 11.1. The maximum Gasteiger partial charge on any atom is 0.272 e. The third-order valence-electron chi connectivity index (χ3n) is 3.07. The lowest BCUT2D eigenvalue weighted by Gasteiger charge is -2.10. The molecule has 0 unspecified atom stereocenters. The normalized spacial score (nSPS) is 12.4. The molecular weight excluding hydrogens is 254 g/mol. The van der Waals surface area contributed by atoms with Crippen molar-refractivity contribution in [2.75, 3.05) is 0 Å². The summed E-state index contributed by atoms with van der Waals surface area (Å²) in [6.07, 6.45) is 4.11. The van der Waals surface area contributed by atoms with Crippen LogP contribution in [0, 0.1) is 0 Å². The minimum absolute atomic E-state index is 0.0153. The number of amides is 1. The van der Waals surface area contributed by atoms with Crippen molar-refractivity contribution in [3.8, 4) is 0 Å². The number of furan rings is 1. The Kier molecular flexibility index (Phi) is 3.25. The van der Waals surface area contributed by atoms with Crippen LogP contribution in [0.4, 0.5) is 0 Å². The zero-order valence-corrected chi connectivity index (χ0v) is 11.1. The van der Waals surface area contributed by atoms with Gasteiger partial charge >= 0.3 is 0 Å². The Balaban J connectivity index is 1.69. The molecule has 5 nitrogen and oxygen atoms in total. The summed E-state index contributed by atoms with van der Waals surface area (Å²) in [5, 5.41) is 7.16. The Bertz CT molecular complexity index is 683. The molecule has 0 saturated carbocycles. The van der Waals surface area contributed by atoms with Crippen molar-refractivity contribution in [3.05, 3.63) is 60.3 Å². The first-order chi connectivity index (χ1) is 9.72. The van der Waals surface area contributed by atoms with Gasteiger partial charge in [-0.25, -0.2) is 4.52 Å². The molecule has 1 amide bonds. The monoisotopic (exact) mass is 269 g/mol. The van der Waals surface area contributed by atoms with Crippen LogP contribution in [0.5, 0.6) is 0 Å². The Morgan fingerprint density at radius 2 is 2.30 bits per heavy atom. The summed E-state index contributed by atoms with van der Waals surface area (Å²) >= 11 is 0. The Labute approximate surface area is 116 Å². The maximum absolute atomic E-state index is 12.1. The lowest BCUT2D eigenvalue weighted by molar-refractivity contribution is 0.0934. The molecule has 0 aliphatic carbocycles. The first-order valence-electron chi connectivity index (χ1n) is 6.50. The molecule has 3 heterocycles. The highest BCUT2D eigenvalue weighted by molar-refractivity contribution is 5.93. The fourth-order valence-electron chi connectivity index (χ4n) is 2.13. The van der Waals surface area contributed by atoms with Crippen molar-refractivity contribution in [2.45, 2.75) is 19.4 Å². The second-order valence-electron chi connectivity index (χ2n) is 4.76. The van der Waals surface area contributed by atoms with Gasteiger partial charge in [0.25, 0.3) is 5.91 Å². The predicted octanol–water partition coefficient (Wildman–Crippen LogP) is 2.29. The average Bonchev–Trinajstić information content (AvgIpc) is 3.06. The number of carbonyl (C=O) groups is 1. The van der Waals surface area contributed by atoms with Crippen LogP contribution < -0.4 is 5.32 Å². The van der Waals surface area contributed by atoms with E-state index in [1.165, 1.54) is 0 Å². The van der Waals surface area contributed by atoms with Crippen LogP contribution in [0.2, 0.25) is 0 Å². The first kappa shape index (κ1) is 12.5. The molecule has 0 spiro atoms. The molecule has 0 aliphatic rings. The average molecular weight is 269 g/mol. The molecule has 20 heavy (non-hydrogen) atoms. The summed E-state index contributed by atoms with van der Waals surface area (Å²) in [6.45, 7) is 1.94. The van der Waals surface area contributed by atoms with Crippen molar-refractivity contribution < 1.29 is 9.21 Å². The summed E-state index contributed by atoms with van der Waals surface area (Å²) < 4.78 is 6.96. The minimum atomic E-state index is -0.173. The summed E-state index contributed by atoms with van der Waals surface area (Å²) in [5.74, 6) is 0.681. The van der Waals surface area contributed by atoms with E-state index in [1.54, 1.807) is 16.8 Å². The van der Waals surface area contributed by atoms with Crippen LogP contribution in [-0.4, -0.2) is 21.6 Å². The van der Waals surface area contributed by atoms with Crippen molar-refractivity contribution >= 4 is 11.4 Å². The van der Waals surface area contributed by atoms with Gasteiger partial charge < -0.3 is 9.73 Å². The van der Waals surface area contributed by atoms with Crippen LogP contribution in [0.25, 0.3) is 5.52 Å². The molecule has 3 aromatic rings. The lowest BCUT2D eigenvalue weighted by Crippen LogP contribution is -2.34. The highest BCUT2D eigenvalue weighted by atomic mass is 16.3. The Morgan fingerprint density at radius 1 is 1.40 bits per heavy atom. The largest absolute Gasteiger partial charge is 0.469 e. The molecule has 1 N–H and O–H groups in total. The van der Waals surface area contributed by atoms with Crippen LogP contribution >= 0.6 is 0 Å². The second-order valence-corrected chi connectivity index (χ2v) is 4.76. The van der Waals surface area contributed by atoms with E-state index >= 15 is 0 Å². The van der Waals surface area contributed by atoms with Gasteiger partial charge in [-0.1, -0.05) is 6.07 Å². The molecule has 0 aromatic carbocycles. The number of aromatic nitrogens is 2. The quantitative estimate of drug-likeness (QED) is 0.790. The van der Waals surface area contributed by atoms with Gasteiger partial charge in [-0.2, -0.15) is 5.10 Å². The van der Waals surface area contributed by atoms with Gasteiger partial charge in [0.05, 0.1) is 11.8 Å². The summed E-state index contributed by atoms with van der Waals surface area (Å²) in [5.41, 5.74) is 1.32. The molecule has 0 fully saturated rings. The van der Waals surface area contributed by atoms with E-state index in [9.17, 15) is 4.79 Å². The number of nitrogens with one attached hydrogen (secondary N) is 1. The van der Waals surface area contributed by atoms with Gasteiger partial charge in [-0.3, -0.25) is 4.79 Å². The number of nitrogens with zero attached hydrogens (tertiary/aromatic N) is 2. The third kappa shape index (κ3) is 2.56. The van der Waals surface area contributed by atoms with Crippen molar-refractivity contribution in [2.24, 2.45) is 0 Å². The number of hydrogen-bond acceptors (Lipinski definition) is 3. The fourth-order valence-corrected chi connectivity index (χ4v) is 2.13. The molecular formula is C15H15N3O2. The van der Waals surface area contributed by atoms with Gasteiger partial charge in [0, 0.05) is 18.7 Å². The molecule has 3 aromatic heterocycles. The van der Waals surface area contributed by atoms with E-state index in [1.807, 2.05) is 43.5 Å². The standard InChI is InChI=1S/C15H15N3O2/c1-11(9-13-6-4-8-20-13)16-15(19)14-10-12-5-2-3-7-18(12)17-14/h2-8,10-11H,9H2,1H3,(H,16,19)/t11-/m1/s1. The van der Waals surface area contributed by atoms with Gasteiger partial charge in [0.2, 0.25) is 0 Å². The number of hydrogen-bond donors (Lipinski definition) is 1. The highest BCUT2D eigenvalue weighted by Gasteiger charge is 2.14. The fraction of sp³-hybridized carbons (Fsp3) is 0.200. The van der Waals surface area contributed by atoms with Crippen LogP contribution in [0.1, 0.15) is 23.2 Å². The Morgan fingerprint density at radius 3 is 3.05 bits per heavy atom. The molecule has 102 valence electrons. The maximum atomic E-state index is 12.1. The molecule has 3 rings (SSSR count).